The van der Waals surface area contributed by atoms with Crippen molar-refractivity contribution in [2.24, 2.45) is 0 Å². The lowest BCUT2D eigenvalue weighted by molar-refractivity contribution is 0.103. The van der Waals surface area contributed by atoms with Crippen LogP contribution in [-0.4, -0.2) is 48.1 Å². The maximum atomic E-state index is 13.5. The van der Waals surface area contributed by atoms with E-state index in [1.54, 1.807) is 0 Å². The molecule has 0 fully saturated rings. The number of hydrogen-bond acceptors (Lipinski definition) is 4. The van der Waals surface area contributed by atoms with Crippen molar-refractivity contribution in [1.29, 1.82) is 0 Å². The van der Waals surface area contributed by atoms with Crippen LogP contribution >= 0.6 is 11.8 Å². The maximum Gasteiger partial charge on any atom is 0.195 e. The molecule has 0 unspecified atom stereocenters. The Morgan fingerprint density at radius 3 is 2.57 bits per heavy atom. The van der Waals surface area contributed by atoms with Gasteiger partial charge >= 0.3 is 0 Å². The summed E-state index contributed by atoms with van der Waals surface area (Å²) in [6, 6.07) is 12.5. The van der Waals surface area contributed by atoms with Gasteiger partial charge < -0.3 is 15.2 Å². The minimum Gasteiger partial charge on any atom is -0.388 e. The Labute approximate surface area is 183 Å². The molecule has 158 valence electrons. The second-order valence-corrected chi connectivity index (χ2v) is 9.59. The monoisotopic (exact) mass is 421 g/mol. The van der Waals surface area contributed by atoms with Crippen molar-refractivity contribution < 1.29 is 4.79 Å². The maximum absolute atomic E-state index is 13.5. The number of carbonyl (C=O) groups is 1. The van der Waals surface area contributed by atoms with E-state index >= 15 is 0 Å². The van der Waals surface area contributed by atoms with Crippen LogP contribution in [0, 0.1) is 0 Å². The highest BCUT2D eigenvalue weighted by Crippen LogP contribution is 2.44. The summed E-state index contributed by atoms with van der Waals surface area (Å²) in [5, 5.41) is 4.19. The summed E-state index contributed by atoms with van der Waals surface area (Å²) in [7, 11) is 1.91. The predicted octanol–water partition coefficient (Wildman–Crippen LogP) is 5.51. The van der Waals surface area contributed by atoms with Gasteiger partial charge in [0.15, 0.2) is 5.78 Å². The molecular weight excluding hydrogens is 390 g/mol. The van der Waals surface area contributed by atoms with Gasteiger partial charge in [-0.15, -0.1) is 11.8 Å². The first kappa shape index (κ1) is 21.0. The molecule has 0 saturated carbocycles. The van der Waals surface area contributed by atoms with Gasteiger partial charge in [-0.05, 0) is 49.0 Å². The second kappa shape index (κ2) is 8.12. The summed E-state index contributed by atoms with van der Waals surface area (Å²) >= 11 is 1.87. The lowest BCUT2D eigenvalue weighted by Crippen LogP contribution is -2.30. The van der Waals surface area contributed by atoms with Crippen molar-refractivity contribution in [2.75, 3.05) is 37.8 Å². The molecule has 0 aliphatic heterocycles. The number of anilines is 1. The van der Waals surface area contributed by atoms with Crippen LogP contribution in [0.15, 0.2) is 41.3 Å². The second-order valence-electron chi connectivity index (χ2n) is 8.42. The van der Waals surface area contributed by atoms with E-state index in [0.29, 0.717) is 0 Å². The first-order valence-electron chi connectivity index (χ1n) is 10.8. The average Bonchev–Trinajstić information content (AvgIpc) is 3.15. The SMILES string of the molecule is CCN(CC)CCSc1ccc2c(c1)C(C)(C)c1[nH]c3cc(NC)ccc3c1C2=O. The number of hydrogen-bond donors (Lipinski definition) is 2. The molecule has 0 atom stereocenters. The summed E-state index contributed by atoms with van der Waals surface area (Å²) in [6.07, 6.45) is 0. The molecule has 3 aromatic rings. The summed E-state index contributed by atoms with van der Waals surface area (Å²) < 4.78 is 0. The van der Waals surface area contributed by atoms with E-state index in [2.05, 4.69) is 61.1 Å². The van der Waals surface area contributed by atoms with Crippen molar-refractivity contribution in [3.8, 4) is 0 Å². The van der Waals surface area contributed by atoms with Gasteiger partial charge in [-0.2, -0.15) is 0 Å². The van der Waals surface area contributed by atoms with Gasteiger partial charge in [0.1, 0.15) is 0 Å². The predicted molar refractivity (Wildman–Crippen MR) is 128 cm³/mol. The molecule has 5 heteroatoms. The van der Waals surface area contributed by atoms with Gasteiger partial charge in [0, 0.05) is 57.5 Å². The number of nitrogens with one attached hydrogen (secondary N) is 2. The molecule has 0 amide bonds. The number of aromatic amines is 1. The van der Waals surface area contributed by atoms with E-state index < -0.39 is 0 Å². The Bertz CT molecular complexity index is 1100. The summed E-state index contributed by atoms with van der Waals surface area (Å²) in [4.78, 5) is 20.7. The van der Waals surface area contributed by atoms with E-state index in [9.17, 15) is 4.79 Å². The fraction of sp³-hybridized carbons (Fsp3) is 0.400. The highest BCUT2D eigenvalue weighted by molar-refractivity contribution is 7.99. The van der Waals surface area contributed by atoms with Gasteiger partial charge in [0.25, 0.3) is 0 Å². The van der Waals surface area contributed by atoms with Crippen LogP contribution in [0.2, 0.25) is 0 Å². The molecule has 1 aromatic heterocycles. The Balaban J connectivity index is 1.70. The molecule has 1 heterocycles. The molecule has 1 aliphatic rings. The van der Waals surface area contributed by atoms with Gasteiger partial charge in [-0.1, -0.05) is 33.8 Å². The fourth-order valence-corrected chi connectivity index (χ4v) is 5.44. The largest absolute Gasteiger partial charge is 0.388 e. The molecule has 0 saturated heterocycles. The zero-order valence-corrected chi connectivity index (χ0v) is 19.4. The lowest BCUT2D eigenvalue weighted by Gasteiger charge is -2.32. The minimum absolute atomic E-state index is 0.127. The van der Waals surface area contributed by atoms with E-state index in [-0.39, 0.29) is 11.2 Å². The number of fused-ring (bicyclic) bond motifs is 4. The lowest BCUT2D eigenvalue weighted by atomic mass is 9.71. The summed E-state index contributed by atoms with van der Waals surface area (Å²) in [5.74, 6) is 1.18. The molecule has 2 aromatic carbocycles. The molecule has 0 bridgehead atoms. The topological polar surface area (TPSA) is 48.1 Å². The number of carbonyl (C=O) groups excluding carboxylic acids is 1. The first-order valence-corrected chi connectivity index (χ1v) is 11.8. The van der Waals surface area contributed by atoms with Crippen LogP contribution in [0.1, 0.15) is 54.9 Å². The van der Waals surface area contributed by atoms with Crippen molar-refractivity contribution in [2.45, 2.75) is 38.0 Å². The van der Waals surface area contributed by atoms with Crippen LogP contribution in [0.5, 0.6) is 0 Å². The molecule has 4 nitrogen and oxygen atoms in total. The van der Waals surface area contributed by atoms with Crippen LogP contribution in [0.25, 0.3) is 10.9 Å². The Morgan fingerprint density at radius 1 is 1.10 bits per heavy atom. The normalized spacial score (nSPS) is 14.8. The first-order chi connectivity index (χ1) is 14.4. The molecule has 2 N–H and O–H groups in total. The van der Waals surface area contributed by atoms with Crippen LogP contribution in [-0.2, 0) is 5.41 Å². The van der Waals surface area contributed by atoms with Gasteiger partial charge in [0.05, 0.1) is 5.56 Å². The van der Waals surface area contributed by atoms with Crippen LogP contribution in [0.4, 0.5) is 5.69 Å². The number of H-pyrrole nitrogens is 1. The third-order valence-electron chi connectivity index (χ3n) is 6.42. The zero-order valence-electron chi connectivity index (χ0n) is 18.6. The Hall–Kier alpha value is -2.24. The molecule has 4 rings (SSSR count). The smallest absolute Gasteiger partial charge is 0.195 e. The third kappa shape index (κ3) is 3.44. The number of nitrogens with zero attached hydrogens (tertiary/aromatic N) is 1. The van der Waals surface area contributed by atoms with E-state index in [0.717, 1.165) is 64.4 Å². The van der Waals surface area contributed by atoms with Gasteiger partial charge in [0.2, 0.25) is 0 Å². The number of ketones is 1. The quantitative estimate of drug-likeness (QED) is 0.494. The number of aromatic nitrogens is 1. The van der Waals surface area contributed by atoms with Crippen molar-refractivity contribution in [1.82, 2.24) is 9.88 Å². The number of thioether (sulfide) groups is 1. The highest BCUT2D eigenvalue weighted by Gasteiger charge is 2.39. The standard InChI is InChI=1S/C25H31N3OS/c1-6-28(7-2)12-13-30-17-9-11-18-20(15-17)25(3,4)24-22(23(18)29)19-10-8-16(26-5)14-21(19)27-24/h8-11,14-15,26-27H,6-7,12-13H2,1-5H3. The van der Waals surface area contributed by atoms with Gasteiger partial charge in [-0.3, -0.25) is 4.79 Å². The molecule has 30 heavy (non-hydrogen) atoms. The number of rotatable bonds is 7. The Kier molecular flexibility index (Phi) is 5.69. The van der Waals surface area contributed by atoms with E-state index in [1.807, 2.05) is 37.0 Å². The van der Waals surface area contributed by atoms with E-state index in [1.165, 1.54) is 4.90 Å². The average molecular weight is 422 g/mol. The fourth-order valence-electron chi connectivity index (χ4n) is 4.49. The van der Waals surface area contributed by atoms with Crippen molar-refractivity contribution in [3.05, 3.63) is 58.8 Å². The summed E-state index contributed by atoms with van der Waals surface area (Å²) in [6.45, 7) is 12.1. The highest BCUT2D eigenvalue weighted by atomic mass is 32.2. The Morgan fingerprint density at radius 2 is 1.87 bits per heavy atom. The molecular formula is C25H31N3OS. The van der Waals surface area contributed by atoms with Crippen molar-refractivity contribution in [3.63, 3.8) is 0 Å². The molecule has 1 aliphatic carbocycles. The van der Waals surface area contributed by atoms with Crippen LogP contribution < -0.4 is 5.32 Å². The number of benzene rings is 2. The third-order valence-corrected chi connectivity index (χ3v) is 7.39. The summed E-state index contributed by atoms with van der Waals surface area (Å²) in [5.41, 5.74) is 5.59. The van der Waals surface area contributed by atoms with Gasteiger partial charge in [-0.25, -0.2) is 0 Å². The van der Waals surface area contributed by atoms with E-state index in [4.69, 9.17) is 0 Å². The molecule has 0 radical (unpaired) electrons. The van der Waals surface area contributed by atoms with Crippen molar-refractivity contribution >= 4 is 34.1 Å². The minimum atomic E-state index is -0.257. The van der Waals surface area contributed by atoms with Crippen LogP contribution in [0.3, 0.4) is 0 Å². The molecule has 0 spiro atoms. The zero-order chi connectivity index (χ0) is 21.5.